The maximum Gasteiger partial charge on any atom is 0.185 e. The van der Waals surface area contributed by atoms with Gasteiger partial charge in [0, 0.05) is 11.9 Å². The minimum Gasteiger partial charge on any atom is -0.383 e. The van der Waals surface area contributed by atoms with Crippen molar-refractivity contribution in [2.75, 3.05) is 12.3 Å². The maximum absolute atomic E-state index is 6.14. The standard InChI is InChI=1S/C19H29N5/c1-2-3-4-9-15-13-16-14(8-5-6-12-23-19(21)22)10-7-11-17(16)24-18(15)20/h7,10-11,13H,2-6,8-9,12H2,1H3,(H2,20,24)(H4,21,22,23). The molecular formula is C19H29N5. The molecule has 1 aromatic heterocycles. The van der Waals surface area contributed by atoms with E-state index in [0.717, 1.165) is 37.6 Å². The number of pyridine rings is 1. The number of nitrogens with two attached hydrogens (primary N) is 3. The predicted molar refractivity (Wildman–Crippen MR) is 103 cm³/mol. The summed E-state index contributed by atoms with van der Waals surface area (Å²) in [7, 11) is 0. The van der Waals surface area contributed by atoms with E-state index in [-0.39, 0.29) is 5.96 Å². The summed E-state index contributed by atoms with van der Waals surface area (Å²) in [6, 6.07) is 8.50. The second-order valence-electron chi connectivity index (χ2n) is 6.24. The Morgan fingerprint density at radius 1 is 1.04 bits per heavy atom. The van der Waals surface area contributed by atoms with Gasteiger partial charge >= 0.3 is 0 Å². The maximum atomic E-state index is 6.14. The van der Waals surface area contributed by atoms with Crippen LogP contribution in [0.1, 0.15) is 50.2 Å². The molecule has 0 spiro atoms. The van der Waals surface area contributed by atoms with Crippen LogP contribution in [0.3, 0.4) is 0 Å². The lowest BCUT2D eigenvalue weighted by Crippen LogP contribution is -2.22. The van der Waals surface area contributed by atoms with Crippen LogP contribution in [-0.2, 0) is 12.8 Å². The monoisotopic (exact) mass is 327 g/mol. The molecule has 0 bridgehead atoms. The second-order valence-corrected chi connectivity index (χ2v) is 6.24. The summed E-state index contributed by atoms with van der Waals surface area (Å²) < 4.78 is 0. The summed E-state index contributed by atoms with van der Waals surface area (Å²) in [6.45, 7) is 2.89. The zero-order valence-electron chi connectivity index (χ0n) is 14.6. The van der Waals surface area contributed by atoms with E-state index < -0.39 is 0 Å². The molecule has 2 rings (SSSR count). The van der Waals surface area contributed by atoms with E-state index in [4.69, 9.17) is 17.2 Å². The number of nitrogens with zero attached hydrogens (tertiary/aromatic N) is 2. The number of rotatable bonds is 9. The highest BCUT2D eigenvalue weighted by atomic mass is 15.0. The van der Waals surface area contributed by atoms with Gasteiger partial charge < -0.3 is 17.2 Å². The molecule has 2 aromatic rings. The minimum absolute atomic E-state index is 0.163. The van der Waals surface area contributed by atoms with Gasteiger partial charge in [0.25, 0.3) is 0 Å². The van der Waals surface area contributed by atoms with Gasteiger partial charge in [0.15, 0.2) is 5.96 Å². The molecule has 5 heteroatoms. The molecule has 0 atom stereocenters. The third kappa shape index (κ3) is 5.11. The van der Waals surface area contributed by atoms with Gasteiger partial charge in [-0.05, 0) is 55.4 Å². The van der Waals surface area contributed by atoms with E-state index in [1.165, 1.54) is 29.4 Å². The first-order chi connectivity index (χ1) is 11.6. The number of anilines is 1. The quantitative estimate of drug-likeness (QED) is 0.374. The average molecular weight is 327 g/mol. The highest BCUT2D eigenvalue weighted by molar-refractivity contribution is 5.84. The molecule has 0 saturated carbocycles. The molecule has 24 heavy (non-hydrogen) atoms. The van der Waals surface area contributed by atoms with Gasteiger partial charge in [-0.1, -0.05) is 31.9 Å². The second kappa shape index (κ2) is 9.11. The van der Waals surface area contributed by atoms with Gasteiger partial charge in [-0.15, -0.1) is 0 Å². The normalized spacial score (nSPS) is 10.9. The summed E-state index contributed by atoms with van der Waals surface area (Å²) in [5.41, 5.74) is 20.3. The van der Waals surface area contributed by atoms with Crippen molar-refractivity contribution in [2.45, 2.75) is 51.9 Å². The number of hydrogen-bond donors (Lipinski definition) is 3. The van der Waals surface area contributed by atoms with Crippen molar-refractivity contribution in [3.05, 3.63) is 35.4 Å². The molecular weight excluding hydrogens is 298 g/mol. The molecule has 1 aromatic carbocycles. The number of aromatic nitrogens is 1. The van der Waals surface area contributed by atoms with Crippen LogP contribution in [-0.4, -0.2) is 17.5 Å². The fraction of sp³-hybridized carbons (Fsp3) is 0.474. The first-order valence-electron chi connectivity index (χ1n) is 8.84. The Labute approximate surface area is 144 Å². The number of fused-ring (bicyclic) bond motifs is 1. The van der Waals surface area contributed by atoms with E-state index in [2.05, 4.69) is 35.1 Å². The van der Waals surface area contributed by atoms with E-state index in [0.29, 0.717) is 12.4 Å². The van der Waals surface area contributed by atoms with Crippen molar-refractivity contribution in [3.8, 4) is 0 Å². The Balaban J connectivity index is 2.11. The van der Waals surface area contributed by atoms with Gasteiger partial charge in [-0.2, -0.15) is 0 Å². The van der Waals surface area contributed by atoms with Crippen LogP contribution in [0.5, 0.6) is 0 Å². The van der Waals surface area contributed by atoms with Crippen LogP contribution in [0.2, 0.25) is 0 Å². The third-order valence-electron chi connectivity index (χ3n) is 4.26. The van der Waals surface area contributed by atoms with Crippen LogP contribution >= 0.6 is 0 Å². The van der Waals surface area contributed by atoms with Gasteiger partial charge in [0.1, 0.15) is 5.82 Å². The molecule has 130 valence electrons. The fourth-order valence-electron chi connectivity index (χ4n) is 2.93. The molecule has 0 unspecified atom stereocenters. The molecule has 0 aliphatic heterocycles. The average Bonchev–Trinajstić information content (AvgIpc) is 2.55. The fourth-order valence-corrected chi connectivity index (χ4v) is 2.93. The van der Waals surface area contributed by atoms with Crippen molar-refractivity contribution in [1.82, 2.24) is 4.98 Å². The van der Waals surface area contributed by atoms with E-state index in [1.807, 2.05) is 6.07 Å². The minimum atomic E-state index is 0.163. The number of hydrogen-bond acceptors (Lipinski definition) is 3. The summed E-state index contributed by atoms with van der Waals surface area (Å²) in [6.07, 6.45) is 7.62. The highest BCUT2D eigenvalue weighted by Gasteiger charge is 2.07. The first-order valence-corrected chi connectivity index (χ1v) is 8.84. The summed E-state index contributed by atoms with van der Waals surface area (Å²) in [5.74, 6) is 0.833. The zero-order valence-corrected chi connectivity index (χ0v) is 14.6. The largest absolute Gasteiger partial charge is 0.383 e. The smallest absolute Gasteiger partial charge is 0.185 e. The van der Waals surface area contributed by atoms with Crippen molar-refractivity contribution < 1.29 is 0 Å². The van der Waals surface area contributed by atoms with Crippen LogP contribution in [0.4, 0.5) is 5.82 Å². The lowest BCUT2D eigenvalue weighted by Gasteiger charge is -2.10. The molecule has 0 radical (unpaired) electrons. The molecule has 6 N–H and O–H groups in total. The van der Waals surface area contributed by atoms with Gasteiger partial charge in [-0.3, -0.25) is 4.99 Å². The molecule has 1 heterocycles. The third-order valence-corrected chi connectivity index (χ3v) is 4.26. The zero-order chi connectivity index (χ0) is 17.4. The van der Waals surface area contributed by atoms with Crippen molar-refractivity contribution in [1.29, 1.82) is 0 Å². The number of aryl methyl sites for hydroxylation is 2. The van der Waals surface area contributed by atoms with Gasteiger partial charge in [0.05, 0.1) is 5.52 Å². The molecule has 0 fully saturated rings. The predicted octanol–water partition coefficient (Wildman–Crippen LogP) is 3.15. The van der Waals surface area contributed by atoms with E-state index >= 15 is 0 Å². The Hall–Kier alpha value is -2.30. The number of unbranched alkanes of at least 4 members (excludes halogenated alkanes) is 3. The van der Waals surface area contributed by atoms with Crippen LogP contribution < -0.4 is 17.2 Å². The SMILES string of the molecule is CCCCCc1cc2c(CCCCN=C(N)N)cccc2nc1N. The lowest BCUT2D eigenvalue weighted by atomic mass is 9.99. The molecule has 0 aliphatic rings. The summed E-state index contributed by atoms with van der Waals surface area (Å²) in [5, 5.41) is 1.22. The molecule has 5 nitrogen and oxygen atoms in total. The molecule has 0 saturated heterocycles. The van der Waals surface area contributed by atoms with Crippen molar-refractivity contribution >= 4 is 22.7 Å². The summed E-state index contributed by atoms with van der Waals surface area (Å²) in [4.78, 5) is 8.63. The Morgan fingerprint density at radius 2 is 1.79 bits per heavy atom. The topological polar surface area (TPSA) is 103 Å². The van der Waals surface area contributed by atoms with Gasteiger partial charge in [0.2, 0.25) is 0 Å². The van der Waals surface area contributed by atoms with Crippen LogP contribution in [0.15, 0.2) is 29.3 Å². The van der Waals surface area contributed by atoms with E-state index in [9.17, 15) is 0 Å². The number of nitrogen functional groups attached to an aromatic ring is 1. The molecule has 0 amide bonds. The highest BCUT2D eigenvalue weighted by Crippen LogP contribution is 2.24. The van der Waals surface area contributed by atoms with Crippen molar-refractivity contribution in [2.24, 2.45) is 16.5 Å². The lowest BCUT2D eigenvalue weighted by molar-refractivity contribution is 0.717. The van der Waals surface area contributed by atoms with Crippen LogP contribution in [0, 0.1) is 0 Å². The Morgan fingerprint density at radius 3 is 2.54 bits per heavy atom. The number of aliphatic imine (C=N–C) groups is 1. The first kappa shape index (κ1) is 18.0. The van der Waals surface area contributed by atoms with Crippen LogP contribution in [0.25, 0.3) is 10.9 Å². The molecule has 0 aliphatic carbocycles. The number of guanidine groups is 1. The number of benzene rings is 1. The van der Waals surface area contributed by atoms with Gasteiger partial charge in [-0.25, -0.2) is 4.98 Å². The Kier molecular flexibility index (Phi) is 6.85. The Bertz CT molecular complexity index is 689. The van der Waals surface area contributed by atoms with E-state index in [1.54, 1.807) is 0 Å². The van der Waals surface area contributed by atoms with Crippen molar-refractivity contribution in [3.63, 3.8) is 0 Å². The summed E-state index contributed by atoms with van der Waals surface area (Å²) >= 11 is 0.